The summed E-state index contributed by atoms with van der Waals surface area (Å²) in [4.78, 5) is 29.5. The Morgan fingerprint density at radius 1 is 1.25 bits per heavy atom. The molecule has 2 aliphatic heterocycles. The molecule has 1 N–H and O–H groups in total. The number of amides is 3. The highest BCUT2D eigenvalue weighted by molar-refractivity contribution is 5.81. The molecule has 20 heavy (non-hydrogen) atoms. The zero-order valence-electron chi connectivity index (χ0n) is 12.6. The second-order valence-corrected chi connectivity index (χ2v) is 6.47. The SMILES string of the molecule is CN(C)C(=O)N1CCCC(C(=O)N2CCC(C)(O)C2)C1. The van der Waals surface area contributed by atoms with E-state index >= 15 is 0 Å². The minimum Gasteiger partial charge on any atom is -0.388 e. The van der Waals surface area contributed by atoms with E-state index in [4.69, 9.17) is 0 Å². The van der Waals surface area contributed by atoms with Gasteiger partial charge in [0.1, 0.15) is 0 Å². The molecule has 0 aromatic carbocycles. The number of hydrogen-bond acceptors (Lipinski definition) is 3. The fraction of sp³-hybridized carbons (Fsp3) is 0.857. The Kier molecular flexibility index (Phi) is 4.22. The van der Waals surface area contributed by atoms with Crippen LogP contribution in [-0.4, -0.2) is 77.6 Å². The number of β-amino-alcohol motifs (C(OH)–C–C–N with tert-alkyl or cyclic N) is 1. The van der Waals surface area contributed by atoms with Crippen LogP contribution in [-0.2, 0) is 4.79 Å². The lowest BCUT2D eigenvalue weighted by Gasteiger charge is -2.35. The van der Waals surface area contributed by atoms with Crippen molar-refractivity contribution in [2.75, 3.05) is 40.3 Å². The van der Waals surface area contributed by atoms with Crippen molar-refractivity contribution in [3.63, 3.8) is 0 Å². The van der Waals surface area contributed by atoms with Gasteiger partial charge in [0.2, 0.25) is 5.91 Å². The highest BCUT2D eigenvalue weighted by Crippen LogP contribution is 2.25. The Morgan fingerprint density at radius 3 is 2.50 bits per heavy atom. The van der Waals surface area contributed by atoms with Gasteiger partial charge in [-0.3, -0.25) is 4.79 Å². The molecular formula is C14H25N3O3. The first-order chi connectivity index (χ1) is 9.30. The molecular weight excluding hydrogens is 258 g/mol. The Hall–Kier alpha value is -1.30. The summed E-state index contributed by atoms with van der Waals surface area (Å²) in [6.07, 6.45) is 2.32. The van der Waals surface area contributed by atoms with Gasteiger partial charge in [-0.15, -0.1) is 0 Å². The predicted octanol–water partition coefficient (Wildman–Crippen LogP) is 0.363. The number of aliphatic hydroxyl groups is 1. The summed E-state index contributed by atoms with van der Waals surface area (Å²) in [6, 6.07) is -0.0316. The zero-order valence-corrected chi connectivity index (χ0v) is 12.6. The minimum absolute atomic E-state index is 0.0316. The van der Waals surface area contributed by atoms with Crippen LogP contribution in [0.15, 0.2) is 0 Å². The van der Waals surface area contributed by atoms with E-state index in [9.17, 15) is 14.7 Å². The molecule has 2 saturated heterocycles. The molecule has 2 unspecified atom stereocenters. The van der Waals surface area contributed by atoms with Crippen LogP contribution >= 0.6 is 0 Å². The molecule has 0 saturated carbocycles. The number of piperidine rings is 1. The van der Waals surface area contributed by atoms with Gasteiger partial charge in [-0.1, -0.05) is 0 Å². The third-order valence-corrected chi connectivity index (χ3v) is 4.19. The van der Waals surface area contributed by atoms with Gasteiger partial charge < -0.3 is 19.8 Å². The van der Waals surface area contributed by atoms with Crippen LogP contribution in [0.1, 0.15) is 26.2 Å². The maximum absolute atomic E-state index is 12.5. The number of urea groups is 1. The average Bonchev–Trinajstić information content (AvgIpc) is 2.77. The molecule has 0 aromatic heterocycles. The van der Waals surface area contributed by atoms with Crippen LogP contribution in [0.3, 0.4) is 0 Å². The zero-order chi connectivity index (χ0) is 14.9. The first kappa shape index (κ1) is 15.1. The number of carbonyl (C=O) groups excluding carboxylic acids is 2. The summed E-state index contributed by atoms with van der Waals surface area (Å²) in [5.74, 6) is -0.0411. The molecule has 3 amide bonds. The highest BCUT2D eigenvalue weighted by Gasteiger charge is 2.38. The van der Waals surface area contributed by atoms with Crippen molar-refractivity contribution in [3.05, 3.63) is 0 Å². The van der Waals surface area contributed by atoms with Gasteiger partial charge in [0.25, 0.3) is 0 Å². The molecule has 0 radical (unpaired) electrons. The van der Waals surface area contributed by atoms with Crippen LogP contribution < -0.4 is 0 Å². The second-order valence-electron chi connectivity index (χ2n) is 6.47. The molecule has 114 valence electrons. The lowest BCUT2D eigenvalue weighted by atomic mass is 9.96. The van der Waals surface area contributed by atoms with Crippen LogP contribution in [0.2, 0.25) is 0 Å². The van der Waals surface area contributed by atoms with Crippen molar-refractivity contribution in [1.29, 1.82) is 0 Å². The molecule has 2 heterocycles. The van der Waals surface area contributed by atoms with E-state index in [1.54, 1.807) is 35.7 Å². The lowest BCUT2D eigenvalue weighted by Crippen LogP contribution is -2.49. The largest absolute Gasteiger partial charge is 0.388 e. The predicted molar refractivity (Wildman–Crippen MR) is 75.2 cm³/mol. The van der Waals surface area contributed by atoms with Crippen molar-refractivity contribution in [3.8, 4) is 0 Å². The van der Waals surface area contributed by atoms with Crippen LogP contribution in [0.25, 0.3) is 0 Å². The molecule has 2 aliphatic rings. The fourth-order valence-electron chi connectivity index (χ4n) is 3.03. The highest BCUT2D eigenvalue weighted by atomic mass is 16.3. The molecule has 2 rings (SSSR count). The second kappa shape index (κ2) is 5.60. The van der Waals surface area contributed by atoms with Crippen LogP contribution in [0, 0.1) is 5.92 Å². The summed E-state index contributed by atoms with van der Waals surface area (Å²) in [5.41, 5.74) is -0.760. The van der Waals surface area contributed by atoms with Gasteiger partial charge in [0.15, 0.2) is 0 Å². The third-order valence-electron chi connectivity index (χ3n) is 4.19. The van der Waals surface area contributed by atoms with Crippen molar-refractivity contribution in [2.24, 2.45) is 5.92 Å². The molecule has 0 spiro atoms. The van der Waals surface area contributed by atoms with Crippen molar-refractivity contribution >= 4 is 11.9 Å². The number of carbonyl (C=O) groups is 2. The maximum atomic E-state index is 12.5. The Balaban J connectivity index is 1.95. The smallest absolute Gasteiger partial charge is 0.319 e. The number of rotatable bonds is 1. The molecule has 2 fully saturated rings. The van der Waals surface area contributed by atoms with Crippen LogP contribution in [0.4, 0.5) is 4.79 Å². The summed E-state index contributed by atoms with van der Waals surface area (Å²) in [7, 11) is 3.46. The monoisotopic (exact) mass is 283 g/mol. The molecule has 0 aliphatic carbocycles. The Morgan fingerprint density at radius 2 is 1.95 bits per heavy atom. The molecule has 6 heteroatoms. The van der Waals surface area contributed by atoms with Gasteiger partial charge in [-0.2, -0.15) is 0 Å². The van der Waals surface area contributed by atoms with E-state index in [1.165, 1.54) is 0 Å². The first-order valence-electron chi connectivity index (χ1n) is 7.27. The third kappa shape index (κ3) is 3.23. The summed E-state index contributed by atoms with van der Waals surface area (Å²) in [6.45, 7) is 4.00. The standard InChI is InChI=1S/C14H25N3O3/c1-14(20)6-8-17(10-14)12(18)11-5-4-7-16(9-11)13(19)15(2)3/h11,20H,4-10H2,1-3H3. The van der Waals surface area contributed by atoms with Crippen molar-refractivity contribution in [1.82, 2.24) is 14.7 Å². The summed E-state index contributed by atoms with van der Waals surface area (Å²) < 4.78 is 0. The normalized spacial score (nSPS) is 30.5. The molecule has 0 bridgehead atoms. The first-order valence-corrected chi connectivity index (χ1v) is 7.27. The van der Waals surface area contributed by atoms with E-state index in [-0.39, 0.29) is 17.9 Å². The molecule has 6 nitrogen and oxygen atoms in total. The van der Waals surface area contributed by atoms with Crippen molar-refractivity contribution in [2.45, 2.75) is 31.8 Å². The average molecular weight is 283 g/mol. The number of nitrogens with zero attached hydrogens (tertiary/aromatic N) is 3. The van der Waals surface area contributed by atoms with Gasteiger partial charge in [0.05, 0.1) is 11.5 Å². The Labute approximate surface area is 120 Å². The summed E-state index contributed by atoms with van der Waals surface area (Å²) >= 11 is 0. The van der Waals surface area contributed by atoms with E-state index < -0.39 is 5.60 Å². The van der Waals surface area contributed by atoms with E-state index in [0.717, 1.165) is 19.4 Å². The Bertz CT molecular complexity index is 395. The van der Waals surface area contributed by atoms with E-state index in [2.05, 4.69) is 0 Å². The van der Waals surface area contributed by atoms with Gasteiger partial charge in [-0.25, -0.2) is 4.79 Å². The number of likely N-dealkylation sites (tertiary alicyclic amines) is 2. The van der Waals surface area contributed by atoms with Gasteiger partial charge in [0, 0.05) is 40.3 Å². The van der Waals surface area contributed by atoms with E-state index in [1.807, 2.05) is 0 Å². The van der Waals surface area contributed by atoms with Gasteiger partial charge in [-0.05, 0) is 26.2 Å². The maximum Gasteiger partial charge on any atom is 0.319 e. The number of hydrogen-bond donors (Lipinski definition) is 1. The topological polar surface area (TPSA) is 64.1 Å². The fourth-order valence-corrected chi connectivity index (χ4v) is 3.03. The molecule has 2 atom stereocenters. The van der Waals surface area contributed by atoms with Crippen LogP contribution in [0.5, 0.6) is 0 Å². The lowest BCUT2D eigenvalue weighted by molar-refractivity contribution is -0.136. The van der Waals surface area contributed by atoms with E-state index in [0.29, 0.717) is 26.1 Å². The van der Waals surface area contributed by atoms with Gasteiger partial charge >= 0.3 is 6.03 Å². The van der Waals surface area contributed by atoms with Crippen molar-refractivity contribution < 1.29 is 14.7 Å². The quantitative estimate of drug-likeness (QED) is 0.756. The minimum atomic E-state index is -0.760. The molecule has 0 aromatic rings. The summed E-state index contributed by atoms with van der Waals surface area (Å²) in [5, 5.41) is 9.96.